The van der Waals surface area contributed by atoms with Crippen LogP contribution < -0.4 is 10.1 Å². The number of rotatable bonds is 5. The van der Waals surface area contributed by atoms with Crippen molar-refractivity contribution < 1.29 is 19.1 Å². The fraction of sp³-hybridized carbons (Fsp3) is 0.579. The maximum Gasteiger partial charge on any atom is 0.409 e. The Morgan fingerprint density at radius 3 is 2.31 bits per heavy atom. The van der Waals surface area contributed by atoms with Gasteiger partial charge in [0, 0.05) is 26.2 Å². The molecule has 0 spiro atoms. The summed E-state index contributed by atoms with van der Waals surface area (Å²) in [6.45, 7) is 11.1. The first-order valence-corrected chi connectivity index (χ1v) is 9.08. The fourth-order valence-electron chi connectivity index (χ4n) is 2.88. The van der Waals surface area contributed by atoms with Gasteiger partial charge in [-0.05, 0) is 44.4 Å². The maximum absolute atomic E-state index is 12.2. The van der Waals surface area contributed by atoms with E-state index >= 15 is 0 Å². The Labute approximate surface area is 155 Å². The highest BCUT2D eigenvalue weighted by molar-refractivity contribution is 5.75. The minimum atomic E-state index is -0.315. The first-order chi connectivity index (χ1) is 12.4. The van der Waals surface area contributed by atoms with Gasteiger partial charge < -0.3 is 24.6 Å². The highest BCUT2D eigenvalue weighted by atomic mass is 16.6. The van der Waals surface area contributed by atoms with Crippen LogP contribution in [-0.2, 0) is 4.74 Å². The summed E-state index contributed by atoms with van der Waals surface area (Å²) in [6, 6.07) is 3.99. The van der Waals surface area contributed by atoms with Gasteiger partial charge in [0.1, 0.15) is 12.4 Å². The van der Waals surface area contributed by atoms with Gasteiger partial charge in [-0.15, -0.1) is 0 Å². The monoisotopic (exact) mass is 363 g/mol. The van der Waals surface area contributed by atoms with Crippen LogP contribution in [0.3, 0.4) is 0 Å². The largest absolute Gasteiger partial charge is 0.491 e. The van der Waals surface area contributed by atoms with Crippen molar-refractivity contribution in [1.82, 2.24) is 15.1 Å². The lowest BCUT2D eigenvalue weighted by Crippen LogP contribution is -2.53. The van der Waals surface area contributed by atoms with Crippen molar-refractivity contribution in [3.63, 3.8) is 0 Å². The predicted molar refractivity (Wildman–Crippen MR) is 99.7 cm³/mol. The van der Waals surface area contributed by atoms with Crippen LogP contribution in [0, 0.1) is 20.8 Å². The van der Waals surface area contributed by atoms with Gasteiger partial charge in [0.05, 0.1) is 13.2 Å². The molecule has 26 heavy (non-hydrogen) atoms. The van der Waals surface area contributed by atoms with Crippen molar-refractivity contribution in [1.29, 1.82) is 0 Å². The summed E-state index contributed by atoms with van der Waals surface area (Å²) in [7, 11) is 0. The first-order valence-electron chi connectivity index (χ1n) is 9.08. The number of ether oxygens (including phenoxy) is 2. The number of amides is 3. The molecule has 1 heterocycles. The molecule has 1 aromatic rings. The SMILES string of the molecule is CCOC(=O)N1CCN(C(=O)NCCOc2c(C)ccc(C)c2C)CC1. The Morgan fingerprint density at radius 1 is 1.04 bits per heavy atom. The van der Waals surface area contributed by atoms with E-state index in [0.717, 1.165) is 16.9 Å². The molecule has 0 radical (unpaired) electrons. The number of piperazine rings is 1. The van der Waals surface area contributed by atoms with Gasteiger partial charge >= 0.3 is 12.1 Å². The number of carbonyl (C=O) groups is 2. The highest BCUT2D eigenvalue weighted by Gasteiger charge is 2.24. The maximum atomic E-state index is 12.2. The van der Waals surface area contributed by atoms with E-state index in [1.54, 1.807) is 16.7 Å². The molecule has 7 heteroatoms. The molecule has 0 aliphatic carbocycles. The summed E-state index contributed by atoms with van der Waals surface area (Å²) >= 11 is 0. The third-order valence-corrected chi connectivity index (χ3v) is 4.59. The number of nitrogens with one attached hydrogen (secondary N) is 1. The van der Waals surface area contributed by atoms with E-state index in [9.17, 15) is 9.59 Å². The Hall–Kier alpha value is -2.44. The molecule has 7 nitrogen and oxygen atoms in total. The van der Waals surface area contributed by atoms with Crippen molar-refractivity contribution in [2.75, 3.05) is 45.9 Å². The second-order valence-corrected chi connectivity index (χ2v) is 6.41. The lowest BCUT2D eigenvalue weighted by Gasteiger charge is -2.34. The average molecular weight is 363 g/mol. The molecule has 0 saturated carbocycles. The van der Waals surface area contributed by atoms with Gasteiger partial charge in [-0.25, -0.2) is 9.59 Å². The number of hydrogen-bond acceptors (Lipinski definition) is 4. The summed E-state index contributed by atoms with van der Waals surface area (Å²) in [5.41, 5.74) is 3.41. The van der Waals surface area contributed by atoms with Crippen molar-refractivity contribution in [2.45, 2.75) is 27.7 Å². The third-order valence-electron chi connectivity index (χ3n) is 4.59. The normalized spacial score (nSPS) is 14.2. The van der Waals surface area contributed by atoms with Crippen LogP contribution >= 0.6 is 0 Å². The minimum Gasteiger partial charge on any atom is -0.491 e. The van der Waals surface area contributed by atoms with Crippen LogP contribution in [0.25, 0.3) is 0 Å². The van der Waals surface area contributed by atoms with E-state index in [-0.39, 0.29) is 12.1 Å². The van der Waals surface area contributed by atoms with E-state index in [1.165, 1.54) is 5.56 Å². The lowest BCUT2D eigenvalue weighted by molar-refractivity contribution is 0.0851. The average Bonchev–Trinajstić information content (AvgIpc) is 2.64. The Morgan fingerprint density at radius 2 is 1.65 bits per heavy atom. The molecule has 2 rings (SSSR count). The van der Waals surface area contributed by atoms with Crippen molar-refractivity contribution in [2.24, 2.45) is 0 Å². The molecule has 1 aromatic carbocycles. The van der Waals surface area contributed by atoms with Gasteiger partial charge in [0.15, 0.2) is 0 Å². The zero-order chi connectivity index (χ0) is 19.1. The molecule has 1 aliphatic heterocycles. The van der Waals surface area contributed by atoms with Crippen molar-refractivity contribution >= 4 is 12.1 Å². The number of urea groups is 1. The van der Waals surface area contributed by atoms with Crippen LogP contribution in [0.4, 0.5) is 9.59 Å². The van der Waals surface area contributed by atoms with Gasteiger partial charge in [-0.2, -0.15) is 0 Å². The first kappa shape index (κ1) is 19.9. The molecule has 0 unspecified atom stereocenters. The summed E-state index contributed by atoms with van der Waals surface area (Å²) < 4.78 is 10.8. The summed E-state index contributed by atoms with van der Waals surface area (Å²) in [5.74, 6) is 0.891. The minimum absolute atomic E-state index is 0.130. The number of benzene rings is 1. The predicted octanol–water partition coefficient (Wildman–Crippen LogP) is 2.47. The van der Waals surface area contributed by atoms with Gasteiger partial charge in [0.25, 0.3) is 0 Å². The second kappa shape index (κ2) is 9.31. The summed E-state index contributed by atoms with van der Waals surface area (Å²) in [6.07, 6.45) is -0.315. The van der Waals surface area contributed by atoms with E-state index in [2.05, 4.69) is 18.3 Å². The molecule has 0 bridgehead atoms. The molecule has 144 valence electrons. The highest BCUT2D eigenvalue weighted by Crippen LogP contribution is 2.25. The third kappa shape index (κ3) is 5.03. The van der Waals surface area contributed by atoms with Crippen LogP contribution in [0.5, 0.6) is 5.75 Å². The molecule has 1 saturated heterocycles. The fourth-order valence-corrected chi connectivity index (χ4v) is 2.88. The zero-order valence-electron chi connectivity index (χ0n) is 16.1. The van der Waals surface area contributed by atoms with E-state index in [0.29, 0.717) is 45.9 Å². The quantitative estimate of drug-likeness (QED) is 0.816. The Bertz CT molecular complexity index is 640. The van der Waals surface area contributed by atoms with Crippen LogP contribution in [0.15, 0.2) is 12.1 Å². The Balaban J connectivity index is 1.72. The van der Waals surface area contributed by atoms with Crippen LogP contribution in [0.2, 0.25) is 0 Å². The number of hydrogen-bond donors (Lipinski definition) is 1. The van der Waals surface area contributed by atoms with Crippen molar-refractivity contribution in [3.8, 4) is 5.75 Å². The van der Waals surface area contributed by atoms with Crippen LogP contribution in [-0.4, -0.2) is 67.9 Å². The summed E-state index contributed by atoms with van der Waals surface area (Å²) in [4.78, 5) is 27.2. The molecule has 1 aliphatic rings. The zero-order valence-corrected chi connectivity index (χ0v) is 16.1. The molecule has 1 N–H and O–H groups in total. The van der Waals surface area contributed by atoms with E-state index < -0.39 is 0 Å². The standard InChI is InChI=1S/C19H29N3O4/c1-5-25-19(24)22-11-9-21(10-12-22)18(23)20-8-13-26-17-15(3)7-6-14(2)16(17)4/h6-7H,5,8-13H2,1-4H3,(H,20,23). The molecule has 1 fully saturated rings. The molecule has 0 aromatic heterocycles. The lowest BCUT2D eigenvalue weighted by atomic mass is 10.1. The van der Waals surface area contributed by atoms with Gasteiger partial charge in [-0.3, -0.25) is 0 Å². The second-order valence-electron chi connectivity index (χ2n) is 6.41. The van der Waals surface area contributed by atoms with E-state index in [4.69, 9.17) is 9.47 Å². The van der Waals surface area contributed by atoms with E-state index in [1.807, 2.05) is 19.9 Å². The number of nitrogens with zero attached hydrogens (tertiary/aromatic N) is 2. The Kier molecular flexibility index (Phi) is 7.12. The molecular weight excluding hydrogens is 334 g/mol. The summed E-state index contributed by atoms with van der Waals surface area (Å²) in [5, 5.41) is 2.87. The number of aryl methyl sites for hydroxylation is 2. The van der Waals surface area contributed by atoms with Gasteiger partial charge in [0.2, 0.25) is 0 Å². The molecular formula is C19H29N3O4. The smallest absolute Gasteiger partial charge is 0.409 e. The molecule has 0 atom stereocenters. The molecule has 3 amide bonds. The van der Waals surface area contributed by atoms with Crippen LogP contribution in [0.1, 0.15) is 23.6 Å². The van der Waals surface area contributed by atoms with Gasteiger partial charge in [-0.1, -0.05) is 12.1 Å². The number of carbonyl (C=O) groups excluding carboxylic acids is 2. The van der Waals surface area contributed by atoms with Crippen molar-refractivity contribution in [3.05, 3.63) is 28.8 Å². The topological polar surface area (TPSA) is 71.1 Å².